The number of nitro groups is 1. The number of hydrogen-bond donors (Lipinski definition) is 1. The van der Waals surface area contributed by atoms with Crippen molar-refractivity contribution in [3.63, 3.8) is 0 Å². The molecular formula is C23H16ClN3O6S. The van der Waals surface area contributed by atoms with Crippen molar-refractivity contribution in [1.82, 2.24) is 4.90 Å². The number of thioether (sulfide) groups is 1. The summed E-state index contributed by atoms with van der Waals surface area (Å²) in [5.74, 6) is -0.497. The lowest BCUT2D eigenvalue weighted by molar-refractivity contribution is -0.384. The van der Waals surface area contributed by atoms with E-state index < -0.39 is 28.5 Å². The fourth-order valence-corrected chi connectivity index (χ4v) is 4.23. The number of rotatable bonds is 6. The number of amides is 3. The number of nitrogens with one attached hydrogen (secondary N) is 1. The first kappa shape index (κ1) is 23.3. The van der Waals surface area contributed by atoms with E-state index in [9.17, 15) is 24.5 Å². The molecular weight excluding hydrogens is 482 g/mol. The average molecular weight is 498 g/mol. The molecule has 1 saturated heterocycles. The zero-order chi connectivity index (χ0) is 24.4. The van der Waals surface area contributed by atoms with E-state index in [0.717, 1.165) is 10.5 Å². The molecule has 0 radical (unpaired) electrons. The van der Waals surface area contributed by atoms with Gasteiger partial charge in [0.05, 0.1) is 14.9 Å². The van der Waals surface area contributed by atoms with E-state index in [1.165, 1.54) is 24.3 Å². The van der Waals surface area contributed by atoms with Gasteiger partial charge in [-0.3, -0.25) is 29.4 Å². The summed E-state index contributed by atoms with van der Waals surface area (Å²) in [7, 11) is 0. The summed E-state index contributed by atoms with van der Waals surface area (Å²) >= 11 is 6.83. The van der Waals surface area contributed by atoms with E-state index in [1.807, 2.05) is 19.1 Å². The first-order valence-corrected chi connectivity index (χ1v) is 11.1. The number of nitrogens with zero attached hydrogens (tertiary/aromatic N) is 2. The fraction of sp³-hybridized carbons (Fsp3) is 0.0870. The summed E-state index contributed by atoms with van der Waals surface area (Å²) < 4.78 is 5.70. The Labute approximate surface area is 202 Å². The zero-order valence-corrected chi connectivity index (χ0v) is 19.2. The Morgan fingerprint density at radius 2 is 1.91 bits per heavy atom. The third kappa shape index (κ3) is 5.03. The quantitative estimate of drug-likeness (QED) is 0.271. The largest absolute Gasteiger partial charge is 0.457 e. The molecule has 0 atom stereocenters. The van der Waals surface area contributed by atoms with Gasteiger partial charge in [0, 0.05) is 29.5 Å². The topological polar surface area (TPSA) is 123 Å². The first-order chi connectivity index (χ1) is 16.2. The number of carbonyl (C=O) groups excluding carboxylic acids is 3. The number of aryl methyl sites for hydroxylation is 1. The van der Waals surface area contributed by atoms with Crippen molar-refractivity contribution < 1.29 is 23.7 Å². The van der Waals surface area contributed by atoms with Crippen molar-refractivity contribution in [3.8, 4) is 11.3 Å². The van der Waals surface area contributed by atoms with Crippen LogP contribution in [0.15, 0.2) is 63.9 Å². The van der Waals surface area contributed by atoms with Gasteiger partial charge >= 0.3 is 0 Å². The van der Waals surface area contributed by atoms with Crippen LogP contribution >= 0.6 is 23.4 Å². The number of nitro benzene ring substituents is 1. The van der Waals surface area contributed by atoms with Gasteiger partial charge in [0.15, 0.2) is 0 Å². The smallest absolute Gasteiger partial charge is 0.294 e. The number of carbonyl (C=O) groups is 3. The maximum atomic E-state index is 12.7. The van der Waals surface area contributed by atoms with E-state index in [4.69, 9.17) is 16.0 Å². The van der Waals surface area contributed by atoms with Crippen LogP contribution in [-0.4, -0.2) is 33.4 Å². The highest BCUT2D eigenvalue weighted by molar-refractivity contribution is 8.18. The lowest BCUT2D eigenvalue weighted by Crippen LogP contribution is -2.36. The predicted molar refractivity (Wildman–Crippen MR) is 128 cm³/mol. The second kappa shape index (κ2) is 9.54. The molecule has 4 rings (SSSR count). The van der Waals surface area contributed by atoms with E-state index in [0.29, 0.717) is 28.8 Å². The standard InChI is InChI=1S/C23H16ClN3O6S/c1-13-2-4-14(5-3-13)25-21(28)12-26-22(29)20(34-23(26)30)11-16-7-9-19(33-16)17-8-6-15(27(31)32)10-18(17)24/h2-11H,12H2,1H3,(H,25,28). The molecule has 34 heavy (non-hydrogen) atoms. The van der Waals surface area contributed by atoms with Gasteiger partial charge in [-0.2, -0.15) is 0 Å². The third-order valence-corrected chi connectivity index (χ3v) is 6.06. The Kier molecular flexibility index (Phi) is 6.53. The third-order valence-electron chi connectivity index (χ3n) is 4.84. The molecule has 2 aromatic carbocycles. The highest BCUT2D eigenvalue weighted by Crippen LogP contribution is 2.35. The van der Waals surface area contributed by atoms with Crippen molar-refractivity contribution in [2.45, 2.75) is 6.92 Å². The number of halogens is 1. The molecule has 3 amide bonds. The van der Waals surface area contributed by atoms with Crippen LogP contribution in [0.3, 0.4) is 0 Å². The summed E-state index contributed by atoms with van der Waals surface area (Å²) in [6.07, 6.45) is 1.39. The minimum Gasteiger partial charge on any atom is -0.457 e. The Bertz CT molecular complexity index is 1350. The molecule has 1 aromatic heterocycles. The van der Waals surface area contributed by atoms with E-state index >= 15 is 0 Å². The van der Waals surface area contributed by atoms with Crippen LogP contribution < -0.4 is 5.32 Å². The lowest BCUT2D eigenvalue weighted by Gasteiger charge is -2.12. The molecule has 0 spiro atoms. The number of imide groups is 1. The molecule has 0 unspecified atom stereocenters. The van der Waals surface area contributed by atoms with Gasteiger partial charge in [-0.1, -0.05) is 29.3 Å². The van der Waals surface area contributed by atoms with Crippen LogP contribution in [0.5, 0.6) is 0 Å². The summed E-state index contributed by atoms with van der Waals surface area (Å²) in [5.41, 5.74) is 1.88. The molecule has 1 N–H and O–H groups in total. The van der Waals surface area contributed by atoms with Crippen LogP contribution in [0.25, 0.3) is 17.4 Å². The molecule has 3 aromatic rings. The Morgan fingerprint density at radius 1 is 1.18 bits per heavy atom. The van der Waals surface area contributed by atoms with Crippen molar-refractivity contribution >= 4 is 57.9 Å². The van der Waals surface area contributed by atoms with Gasteiger partial charge in [-0.15, -0.1) is 0 Å². The van der Waals surface area contributed by atoms with Gasteiger partial charge in [0.2, 0.25) is 5.91 Å². The highest BCUT2D eigenvalue weighted by atomic mass is 35.5. The molecule has 1 aliphatic heterocycles. The van der Waals surface area contributed by atoms with Crippen LogP contribution in [0.4, 0.5) is 16.2 Å². The molecule has 2 heterocycles. The summed E-state index contributed by atoms with van der Waals surface area (Å²) in [5, 5.41) is 13.1. The Balaban J connectivity index is 1.46. The number of benzene rings is 2. The van der Waals surface area contributed by atoms with Gasteiger partial charge in [-0.05, 0) is 49.0 Å². The van der Waals surface area contributed by atoms with Crippen LogP contribution in [0.1, 0.15) is 11.3 Å². The van der Waals surface area contributed by atoms with Crippen LogP contribution in [-0.2, 0) is 9.59 Å². The fourth-order valence-electron chi connectivity index (χ4n) is 3.14. The highest BCUT2D eigenvalue weighted by Gasteiger charge is 2.36. The van der Waals surface area contributed by atoms with E-state index in [1.54, 1.807) is 24.3 Å². The molecule has 0 bridgehead atoms. The van der Waals surface area contributed by atoms with Gasteiger partial charge in [0.25, 0.3) is 16.8 Å². The molecule has 172 valence electrons. The van der Waals surface area contributed by atoms with Gasteiger partial charge < -0.3 is 9.73 Å². The monoisotopic (exact) mass is 497 g/mol. The number of non-ortho nitro benzene ring substituents is 1. The number of hydrogen-bond acceptors (Lipinski definition) is 7. The minimum absolute atomic E-state index is 0.101. The molecule has 1 aliphatic rings. The first-order valence-electron chi connectivity index (χ1n) is 9.87. The minimum atomic E-state index is -0.611. The van der Waals surface area contributed by atoms with Crippen molar-refractivity contribution in [3.05, 3.63) is 86.0 Å². The maximum Gasteiger partial charge on any atom is 0.294 e. The summed E-state index contributed by atoms with van der Waals surface area (Å²) in [4.78, 5) is 48.6. The average Bonchev–Trinajstić information content (AvgIpc) is 3.35. The number of furan rings is 1. The number of anilines is 1. The summed E-state index contributed by atoms with van der Waals surface area (Å²) in [6, 6.07) is 14.3. The predicted octanol–water partition coefficient (Wildman–Crippen LogP) is 5.49. The van der Waals surface area contributed by atoms with Gasteiger partial charge in [0.1, 0.15) is 18.1 Å². The van der Waals surface area contributed by atoms with Crippen molar-refractivity contribution in [1.29, 1.82) is 0 Å². The van der Waals surface area contributed by atoms with Crippen LogP contribution in [0, 0.1) is 17.0 Å². The molecule has 1 fully saturated rings. The zero-order valence-electron chi connectivity index (χ0n) is 17.6. The molecule has 0 aliphatic carbocycles. The Hall–Kier alpha value is -3.89. The van der Waals surface area contributed by atoms with E-state index in [-0.39, 0.29) is 21.4 Å². The molecule has 0 saturated carbocycles. The molecule has 11 heteroatoms. The second-order valence-corrected chi connectivity index (χ2v) is 8.71. The second-order valence-electron chi connectivity index (χ2n) is 7.31. The van der Waals surface area contributed by atoms with Crippen LogP contribution in [0.2, 0.25) is 5.02 Å². The summed E-state index contributed by atoms with van der Waals surface area (Å²) in [6.45, 7) is 1.50. The normalized spacial score (nSPS) is 14.6. The maximum absolute atomic E-state index is 12.7. The SMILES string of the molecule is Cc1ccc(NC(=O)CN2C(=O)SC(=Cc3ccc(-c4ccc([N+](=O)[O-])cc4Cl)o3)C2=O)cc1. The molecule has 9 nitrogen and oxygen atoms in total. The van der Waals surface area contributed by atoms with Crippen molar-refractivity contribution in [2.75, 3.05) is 11.9 Å². The van der Waals surface area contributed by atoms with Crippen molar-refractivity contribution in [2.24, 2.45) is 0 Å². The Morgan fingerprint density at radius 3 is 2.59 bits per heavy atom. The van der Waals surface area contributed by atoms with Gasteiger partial charge in [-0.25, -0.2) is 0 Å². The lowest BCUT2D eigenvalue weighted by atomic mass is 10.1. The van der Waals surface area contributed by atoms with E-state index in [2.05, 4.69) is 5.32 Å².